The molecule has 4 rings (SSSR count). The van der Waals surface area contributed by atoms with Crippen LogP contribution in [0.15, 0.2) is 35.1 Å². The molecule has 32 heavy (non-hydrogen) atoms. The number of aromatic nitrogens is 2. The van der Waals surface area contributed by atoms with E-state index in [4.69, 9.17) is 0 Å². The Morgan fingerprint density at radius 3 is 2.47 bits per heavy atom. The van der Waals surface area contributed by atoms with Gasteiger partial charge in [-0.05, 0) is 67.6 Å². The van der Waals surface area contributed by atoms with Gasteiger partial charge in [-0.3, -0.25) is 13.9 Å². The Morgan fingerprint density at radius 2 is 1.81 bits per heavy atom. The summed E-state index contributed by atoms with van der Waals surface area (Å²) >= 11 is 0. The zero-order chi connectivity index (χ0) is 23.2. The largest absolute Gasteiger partial charge is 0.481 e. The predicted octanol–water partition coefficient (Wildman–Crippen LogP) is 4.78. The van der Waals surface area contributed by atoms with Gasteiger partial charge in [-0.15, -0.1) is 0 Å². The lowest BCUT2D eigenvalue weighted by atomic mass is 9.96. The van der Waals surface area contributed by atoms with Crippen LogP contribution < -0.4 is 10.6 Å². The molecule has 3 aromatic rings. The van der Waals surface area contributed by atoms with Crippen molar-refractivity contribution in [2.24, 2.45) is 0 Å². The van der Waals surface area contributed by atoms with Crippen molar-refractivity contribution >= 4 is 22.7 Å². The number of fused-ring (bicyclic) bond motifs is 2. The predicted molar refractivity (Wildman–Crippen MR) is 129 cm³/mol. The Labute approximate surface area is 189 Å². The number of likely N-dealkylation sites (N-methyl/N-ethyl adjacent to an activating group) is 1. The molecular weight excluding hydrogens is 402 g/mol. The molecule has 0 spiro atoms. The Balaban J connectivity index is 1.88. The van der Waals surface area contributed by atoms with Crippen LogP contribution in [0.1, 0.15) is 60.4 Å². The summed E-state index contributed by atoms with van der Waals surface area (Å²) in [4.78, 5) is 27.7. The lowest BCUT2D eigenvalue weighted by Gasteiger charge is -2.16. The average Bonchev–Trinajstić information content (AvgIpc) is 3.17. The lowest BCUT2D eigenvalue weighted by Crippen LogP contribution is -2.30. The molecule has 2 unspecified atom stereocenters. The minimum Gasteiger partial charge on any atom is -0.481 e. The second-order valence-corrected chi connectivity index (χ2v) is 9.31. The van der Waals surface area contributed by atoms with Crippen molar-refractivity contribution in [3.05, 3.63) is 63.1 Å². The number of rotatable bonds is 7. The van der Waals surface area contributed by atoms with Crippen LogP contribution in [0, 0.1) is 20.8 Å². The SMILES string of the molecule is CCCC(CC(=O)O)n1c(=O)n(CC2CN(C)c3cccc(C)c32)c2cc(C)c(C)cc21. The molecule has 6 nitrogen and oxygen atoms in total. The molecule has 0 amide bonds. The standard InChI is InChI=1S/C26H33N3O3/c1-6-8-20(13-24(30)31)29-23-12-18(4)17(3)11-22(23)28(26(29)32)15-19-14-27(5)21-10-7-9-16(2)25(19)21/h7,9-12,19-20H,6,8,13-15H2,1-5H3,(H,30,31). The van der Waals surface area contributed by atoms with Crippen molar-refractivity contribution in [2.45, 2.75) is 65.5 Å². The maximum atomic E-state index is 13.8. The monoisotopic (exact) mass is 435 g/mol. The zero-order valence-corrected chi connectivity index (χ0v) is 19.7. The van der Waals surface area contributed by atoms with Gasteiger partial charge in [0.1, 0.15) is 0 Å². The molecule has 0 radical (unpaired) electrons. The van der Waals surface area contributed by atoms with Gasteiger partial charge in [0, 0.05) is 37.8 Å². The number of hydrogen-bond acceptors (Lipinski definition) is 3. The number of aryl methyl sites for hydroxylation is 3. The molecule has 1 N–H and O–H groups in total. The number of imidazole rings is 1. The number of anilines is 1. The van der Waals surface area contributed by atoms with Crippen molar-refractivity contribution in [2.75, 3.05) is 18.5 Å². The topological polar surface area (TPSA) is 67.5 Å². The van der Waals surface area contributed by atoms with E-state index < -0.39 is 5.97 Å². The van der Waals surface area contributed by atoms with Crippen LogP contribution in [-0.2, 0) is 11.3 Å². The van der Waals surface area contributed by atoms with Gasteiger partial charge in [0.15, 0.2) is 0 Å². The summed E-state index contributed by atoms with van der Waals surface area (Å²) in [7, 11) is 2.10. The van der Waals surface area contributed by atoms with Crippen LogP contribution in [0.5, 0.6) is 0 Å². The number of nitrogens with zero attached hydrogens (tertiary/aromatic N) is 3. The highest BCUT2D eigenvalue weighted by Gasteiger charge is 2.30. The van der Waals surface area contributed by atoms with Crippen molar-refractivity contribution < 1.29 is 9.90 Å². The van der Waals surface area contributed by atoms with Crippen molar-refractivity contribution in [1.29, 1.82) is 0 Å². The van der Waals surface area contributed by atoms with Crippen LogP contribution in [0.25, 0.3) is 11.0 Å². The van der Waals surface area contributed by atoms with Gasteiger partial charge in [-0.1, -0.05) is 25.5 Å². The molecule has 0 aliphatic carbocycles. The van der Waals surface area contributed by atoms with Crippen molar-refractivity contribution in [3.63, 3.8) is 0 Å². The molecule has 1 aromatic heterocycles. The molecule has 2 aromatic carbocycles. The first kappa shape index (κ1) is 22.2. The number of benzene rings is 2. The quantitative estimate of drug-likeness (QED) is 0.580. The third kappa shape index (κ3) is 3.72. The van der Waals surface area contributed by atoms with E-state index in [0.29, 0.717) is 13.0 Å². The van der Waals surface area contributed by atoms with Crippen LogP contribution in [0.4, 0.5) is 5.69 Å². The van der Waals surface area contributed by atoms with E-state index in [2.05, 4.69) is 50.1 Å². The third-order valence-electron chi connectivity index (χ3n) is 6.99. The first-order valence-corrected chi connectivity index (χ1v) is 11.5. The van der Waals surface area contributed by atoms with Crippen LogP contribution in [0.3, 0.4) is 0 Å². The second kappa shape index (κ2) is 8.49. The molecule has 0 saturated heterocycles. The van der Waals surface area contributed by atoms with Crippen LogP contribution in [-0.4, -0.2) is 33.8 Å². The highest BCUT2D eigenvalue weighted by molar-refractivity contribution is 5.79. The molecule has 2 atom stereocenters. The molecule has 2 heterocycles. The maximum Gasteiger partial charge on any atom is 0.329 e. The zero-order valence-electron chi connectivity index (χ0n) is 19.7. The molecule has 0 saturated carbocycles. The van der Waals surface area contributed by atoms with E-state index in [1.54, 1.807) is 4.57 Å². The van der Waals surface area contributed by atoms with Gasteiger partial charge in [0.25, 0.3) is 0 Å². The van der Waals surface area contributed by atoms with E-state index in [-0.39, 0.29) is 24.1 Å². The second-order valence-electron chi connectivity index (χ2n) is 9.31. The molecule has 0 bridgehead atoms. The summed E-state index contributed by atoms with van der Waals surface area (Å²) < 4.78 is 3.63. The number of hydrogen-bond donors (Lipinski definition) is 1. The molecule has 170 valence electrons. The van der Waals surface area contributed by atoms with E-state index in [1.165, 1.54) is 16.8 Å². The van der Waals surface area contributed by atoms with Crippen molar-refractivity contribution in [3.8, 4) is 0 Å². The van der Waals surface area contributed by atoms with Crippen LogP contribution in [0.2, 0.25) is 0 Å². The highest BCUT2D eigenvalue weighted by atomic mass is 16.4. The van der Waals surface area contributed by atoms with Gasteiger partial charge in [-0.25, -0.2) is 4.79 Å². The molecule has 1 aliphatic heterocycles. The normalized spacial score (nSPS) is 16.5. The average molecular weight is 436 g/mol. The summed E-state index contributed by atoms with van der Waals surface area (Å²) in [5, 5.41) is 9.51. The maximum absolute atomic E-state index is 13.8. The van der Waals surface area contributed by atoms with E-state index in [1.807, 2.05) is 24.5 Å². The van der Waals surface area contributed by atoms with Gasteiger partial charge in [-0.2, -0.15) is 0 Å². The Hall–Kier alpha value is -3.02. The van der Waals surface area contributed by atoms with Crippen molar-refractivity contribution in [1.82, 2.24) is 9.13 Å². The minimum atomic E-state index is -0.873. The summed E-state index contributed by atoms with van der Waals surface area (Å²) in [5.41, 5.74) is 7.66. The summed E-state index contributed by atoms with van der Waals surface area (Å²) in [5.74, 6) is -0.666. The van der Waals surface area contributed by atoms with Gasteiger partial charge < -0.3 is 10.0 Å². The smallest absolute Gasteiger partial charge is 0.329 e. The fraction of sp³-hybridized carbons (Fsp3) is 0.462. The number of aliphatic carboxylic acids is 1. The van der Waals surface area contributed by atoms with Gasteiger partial charge in [0.2, 0.25) is 0 Å². The molecule has 1 aliphatic rings. The first-order valence-electron chi connectivity index (χ1n) is 11.5. The van der Waals surface area contributed by atoms with Crippen LogP contribution >= 0.6 is 0 Å². The lowest BCUT2D eigenvalue weighted by molar-refractivity contribution is -0.137. The first-order chi connectivity index (χ1) is 15.2. The fourth-order valence-corrected chi connectivity index (χ4v) is 5.34. The Kier molecular flexibility index (Phi) is 5.89. The summed E-state index contributed by atoms with van der Waals surface area (Å²) in [6.45, 7) is 9.71. The fourth-order valence-electron chi connectivity index (χ4n) is 5.34. The number of carboxylic acids is 1. The van der Waals surface area contributed by atoms with Gasteiger partial charge in [0.05, 0.1) is 17.5 Å². The summed E-state index contributed by atoms with van der Waals surface area (Å²) in [6, 6.07) is 10.1. The molecular formula is C26H33N3O3. The number of carbonyl (C=O) groups is 1. The summed E-state index contributed by atoms with van der Waals surface area (Å²) in [6.07, 6.45) is 1.43. The van der Waals surface area contributed by atoms with E-state index in [0.717, 1.165) is 35.1 Å². The van der Waals surface area contributed by atoms with E-state index in [9.17, 15) is 14.7 Å². The molecule has 6 heteroatoms. The number of carboxylic acid groups (broad SMARTS) is 1. The highest BCUT2D eigenvalue weighted by Crippen LogP contribution is 2.39. The Morgan fingerprint density at radius 1 is 1.12 bits per heavy atom. The molecule has 0 fully saturated rings. The minimum absolute atomic E-state index is 0.0477. The third-order valence-corrected chi connectivity index (χ3v) is 6.99. The van der Waals surface area contributed by atoms with E-state index >= 15 is 0 Å². The Bertz CT molecular complexity index is 1240. The van der Waals surface area contributed by atoms with Gasteiger partial charge >= 0.3 is 11.7 Å².